The highest BCUT2D eigenvalue weighted by atomic mass is 35.5. The van der Waals surface area contributed by atoms with Crippen LogP contribution < -0.4 is 4.74 Å². The lowest BCUT2D eigenvalue weighted by Gasteiger charge is -2.26. The molecule has 0 unspecified atom stereocenters. The molecule has 6 nitrogen and oxygen atoms in total. The molecule has 148 valence electrons. The summed E-state index contributed by atoms with van der Waals surface area (Å²) in [5.41, 5.74) is 0. The van der Waals surface area contributed by atoms with E-state index < -0.39 is 0 Å². The molecule has 2 aromatic heterocycles. The van der Waals surface area contributed by atoms with Gasteiger partial charge in [0.25, 0.3) is 0 Å². The topological polar surface area (TPSA) is 73.7 Å². The number of hydrogen-bond donors (Lipinski definition) is 1. The Morgan fingerprint density at radius 3 is 1.48 bits per heavy atom. The van der Waals surface area contributed by atoms with E-state index in [1.165, 1.54) is 12.1 Å². The highest BCUT2D eigenvalue weighted by molar-refractivity contribution is 6.36. The van der Waals surface area contributed by atoms with Crippen molar-refractivity contribution in [1.82, 2.24) is 9.97 Å². The second-order valence-corrected chi connectivity index (χ2v) is 7.33. The molecule has 0 saturated carbocycles. The molecule has 0 radical (unpaired) electrons. The molecule has 4 rings (SSSR count). The molecule has 11 heteroatoms. The molecule has 2 aromatic rings. The van der Waals surface area contributed by atoms with Gasteiger partial charge >= 0.3 is 0 Å². The standard InChI is InChI=1S/C8H7Cl2NO2.C5H2Cl3N.C3H6O2/c9-7-1-5(2-8(10)11-7)13-6-3-12-4-6;6-3-1-4(7)9-5(8)2-3;4-3-1-5-2-3/h1-2,6H,3-4H2;1-2H;3-4H,1-2H2. The quantitative estimate of drug-likeness (QED) is 0.640. The fourth-order valence-corrected chi connectivity index (χ4v) is 2.86. The molecular formula is C16H15Cl5N2O4. The van der Waals surface area contributed by atoms with E-state index in [9.17, 15) is 0 Å². The van der Waals surface area contributed by atoms with Crippen LogP contribution in [0.3, 0.4) is 0 Å². The maximum atomic E-state index is 8.32. The number of rotatable bonds is 2. The van der Waals surface area contributed by atoms with Gasteiger partial charge in [-0.05, 0) is 12.1 Å². The number of pyridine rings is 2. The Kier molecular flexibility index (Phi) is 9.62. The third kappa shape index (κ3) is 8.98. The minimum absolute atomic E-state index is 0.120. The van der Waals surface area contributed by atoms with Gasteiger partial charge in [-0.2, -0.15) is 0 Å². The fourth-order valence-electron chi connectivity index (χ4n) is 1.64. The van der Waals surface area contributed by atoms with E-state index in [1.807, 2.05) is 0 Å². The van der Waals surface area contributed by atoms with E-state index in [0.29, 0.717) is 57.8 Å². The summed E-state index contributed by atoms with van der Waals surface area (Å²) in [6, 6.07) is 6.31. The van der Waals surface area contributed by atoms with Crippen LogP contribution in [0.5, 0.6) is 5.75 Å². The summed E-state index contributed by atoms with van der Waals surface area (Å²) in [6.07, 6.45) is -0.0375. The largest absolute Gasteiger partial charge is 0.485 e. The van der Waals surface area contributed by atoms with Gasteiger partial charge in [-0.3, -0.25) is 0 Å². The number of nitrogens with zero attached hydrogens (tertiary/aromatic N) is 2. The predicted octanol–water partition coefficient (Wildman–Crippen LogP) is 4.59. The number of hydrogen-bond acceptors (Lipinski definition) is 6. The normalized spacial score (nSPS) is 16.1. The average molecular weight is 477 g/mol. The van der Waals surface area contributed by atoms with Crippen molar-refractivity contribution < 1.29 is 19.3 Å². The van der Waals surface area contributed by atoms with E-state index >= 15 is 0 Å². The van der Waals surface area contributed by atoms with Gasteiger partial charge in [0.05, 0.1) is 26.4 Å². The zero-order valence-electron chi connectivity index (χ0n) is 13.7. The lowest BCUT2D eigenvalue weighted by molar-refractivity contribution is -0.0936. The van der Waals surface area contributed by atoms with E-state index in [1.54, 1.807) is 12.1 Å². The van der Waals surface area contributed by atoms with Crippen LogP contribution in [0.1, 0.15) is 0 Å². The van der Waals surface area contributed by atoms with Gasteiger partial charge in [-0.1, -0.05) is 58.0 Å². The first-order chi connectivity index (χ1) is 12.8. The van der Waals surface area contributed by atoms with Gasteiger partial charge in [-0.15, -0.1) is 0 Å². The van der Waals surface area contributed by atoms with Crippen LogP contribution in [-0.4, -0.2) is 53.7 Å². The van der Waals surface area contributed by atoms with Crippen molar-refractivity contribution in [3.8, 4) is 5.75 Å². The van der Waals surface area contributed by atoms with Crippen molar-refractivity contribution in [2.75, 3.05) is 26.4 Å². The summed E-state index contributed by atoms with van der Waals surface area (Å²) in [7, 11) is 0. The average Bonchev–Trinajstić information content (AvgIpc) is 2.48. The molecule has 27 heavy (non-hydrogen) atoms. The third-order valence-corrected chi connectivity index (χ3v) is 3.99. The third-order valence-electron chi connectivity index (χ3n) is 2.99. The van der Waals surface area contributed by atoms with Crippen LogP contribution in [0.15, 0.2) is 24.3 Å². The smallest absolute Gasteiger partial charge is 0.145 e. The molecule has 0 spiro atoms. The van der Waals surface area contributed by atoms with Gasteiger partial charge < -0.3 is 19.3 Å². The zero-order chi connectivity index (χ0) is 19.8. The Labute approximate surface area is 181 Å². The summed E-state index contributed by atoms with van der Waals surface area (Å²) in [5.74, 6) is 0.637. The minimum Gasteiger partial charge on any atom is -0.485 e. The van der Waals surface area contributed by atoms with Crippen LogP contribution in [0, 0.1) is 0 Å². The second-order valence-electron chi connectivity index (χ2n) is 5.35. The number of ether oxygens (including phenoxy) is 3. The first kappa shape index (κ1) is 22.7. The SMILES string of the molecule is Clc1cc(Cl)nc(Cl)c1.Clc1cc(OC2COC2)cc(Cl)n1.OC1COC1. The molecule has 0 amide bonds. The highest BCUT2D eigenvalue weighted by Crippen LogP contribution is 2.23. The lowest BCUT2D eigenvalue weighted by Crippen LogP contribution is -2.38. The number of aliphatic hydroxyl groups excluding tert-OH is 1. The Morgan fingerprint density at radius 2 is 1.19 bits per heavy atom. The fraction of sp³-hybridized carbons (Fsp3) is 0.375. The molecule has 0 bridgehead atoms. The Morgan fingerprint density at radius 1 is 0.778 bits per heavy atom. The van der Waals surface area contributed by atoms with Crippen LogP contribution in [0.4, 0.5) is 0 Å². The van der Waals surface area contributed by atoms with Gasteiger partial charge in [-0.25, -0.2) is 9.97 Å². The first-order valence-corrected chi connectivity index (χ1v) is 9.52. The molecule has 2 aliphatic heterocycles. The molecule has 2 saturated heterocycles. The number of aliphatic hydroxyl groups is 1. The van der Waals surface area contributed by atoms with Crippen molar-refractivity contribution in [2.45, 2.75) is 12.2 Å². The molecule has 2 fully saturated rings. The molecule has 0 aromatic carbocycles. The van der Waals surface area contributed by atoms with Crippen molar-refractivity contribution >= 4 is 58.0 Å². The highest BCUT2D eigenvalue weighted by Gasteiger charge is 2.20. The van der Waals surface area contributed by atoms with Gasteiger partial charge in [0.15, 0.2) is 0 Å². The summed E-state index contributed by atoms with van der Waals surface area (Å²) < 4.78 is 15.0. The summed E-state index contributed by atoms with van der Waals surface area (Å²) in [5, 5.41) is 10.1. The summed E-state index contributed by atoms with van der Waals surface area (Å²) >= 11 is 27.9. The monoisotopic (exact) mass is 474 g/mol. The van der Waals surface area contributed by atoms with Crippen LogP contribution in [-0.2, 0) is 9.47 Å². The lowest BCUT2D eigenvalue weighted by atomic mass is 10.3. The van der Waals surface area contributed by atoms with Gasteiger partial charge in [0.1, 0.15) is 38.6 Å². The molecule has 1 N–H and O–H groups in total. The molecular weight excluding hydrogens is 461 g/mol. The molecule has 2 aliphatic rings. The summed E-state index contributed by atoms with van der Waals surface area (Å²) in [4.78, 5) is 7.49. The van der Waals surface area contributed by atoms with E-state index in [4.69, 9.17) is 72.6 Å². The van der Waals surface area contributed by atoms with Crippen LogP contribution >= 0.6 is 58.0 Å². The second kappa shape index (κ2) is 11.4. The van der Waals surface area contributed by atoms with Gasteiger partial charge in [0.2, 0.25) is 0 Å². The van der Waals surface area contributed by atoms with Crippen molar-refractivity contribution in [3.63, 3.8) is 0 Å². The van der Waals surface area contributed by atoms with Crippen molar-refractivity contribution in [3.05, 3.63) is 49.9 Å². The van der Waals surface area contributed by atoms with Crippen molar-refractivity contribution in [1.29, 1.82) is 0 Å². The van der Waals surface area contributed by atoms with E-state index in [0.717, 1.165) is 0 Å². The van der Waals surface area contributed by atoms with Crippen molar-refractivity contribution in [2.24, 2.45) is 0 Å². The maximum absolute atomic E-state index is 8.32. The van der Waals surface area contributed by atoms with E-state index in [2.05, 4.69) is 14.7 Å². The maximum Gasteiger partial charge on any atom is 0.145 e. The zero-order valence-corrected chi connectivity index (χ0v) is 17.5. The van der Waals surface area contributed by atoms with E-state index in [-0.39, 0.29) is 12.2 Å². The van der Waals surface area contributed by atoms with Gasteiger partial charge in [0, 0.05) is 17.2 Å². The Hall–Kier alpha value is -0.570. The Balaban J connectivity index is 0.000000161. The molecule has 0 aliphatic carbocycles. The molecule has 0 atom stereocenters. The number of halogens is 5. The van der Waals surface area contributed by atoms with Crippen LogP contribution in [0.2, 0.25) is 25.6 Å². The summed E-state index contributed by atoms with van der Waals surface area (Å²) in [6.45, 7) is 2.33. The Bertz CT molecular complexity index is 674. The first-order valence-electron chi connectivity index (χ1n) is 7.63. The molecule has 4 heterocycles. The number of aromatic nitrogens is 2. The minimum atomic E-state index is -0.157. The predicted molar refractivity (Wildman–Crippen MR) is 106 cm³/mol. The van der Waals surface area contributed by atoms with Crippen LogP contribution in [0.25, 0.3) is 0 Å².